The zero-order chi connectivity index (χ0) is 12.4. The van der Waals surface area contributed by atoms with Gasteiger partial charge in [-0.2, -0.15) is 8.78 Å². The highest BCUT2D eigenvalue weighted by Gasteiger charge is 2.05. The number of ether oxygens (including phenoxy) is 1. The highest BCUT2D eigenvalue weighted by molar-refractivity contribution is 5.28. The van der Waals surface area contributed by atoms with Gasteiger partial charge < -0.3 is 9.53 Å². The number of halogens is 2. The van der Waals surface area contributed by atoms with Crippen molar-refractivity contribution in [1.82, 2.24) is 0 Å². The summed E-state index contributed by atoms with van der Waals surface area (Å²) >= 11 is 0. The monoisotopic (exact) mass is 218 g/mol. The van der Waals surface area contributed by atoms with Crippen LogP contribution in [0.25, 0.3) is 0 Å². The molecule has 0 aliphatic rings. The molecule has 4 heteroatoms. The van der Waals surface area contributed by atoms with Gasteiger partial charge in [0.1, 0.15) is 12.5 Å². The summed E-state index contributed by atoms with van der Waals surface area (Å²) in [5.41, 5.74) is 1.67. The zero-order valence-electron chi connectivity index (χ0n) is 9.22. The molecule has 0 aromatic rings. The molecule has 0 radical (unpaired) electrons. The Bertz CT molecular complexity index is 251. The fourth-order valence-electron chi connectivity index (χ4n) is 0.902. The van der Waals surface area contributed by atoms with Crippen molar-refractivity contribution in [2.45, 2.75) is 27.4 Å². The van der Waals surface area contributed by atoms with E-state index in [1.165, 1.54) is 6.08 Å². The maximum absolute atomic E-state index is 11.8. The van der Waals surface area contributed by atoms with Crippen LogP contribution in [0.4, 0.5) is 8.78 Å². The molecule has 0 aliphatic heterocycles. The Morgan fingerprint density at radius 1 is 1.27 bits per heavy atom. The first kappa shape index (κ1) is 16.0. The predicted molar refractivity (Wildman–Crippen MR) is 56.5 cm³/mol. The van der Waals surface area contributed by atoms with E-state index >= 15 is 0 Å². The van der Waals surface area contributed by atoms with Gasteiger partial charge in [-0.05, 0) is 32.4 Å². The Morgan fingerprint density at radius 2 is 1.73 bits per heavy atom. The lowest BCUT2D eigenvalue weighted by atomic mass is 10.2. The highest BCUT2D eigenvalue weighted by atomic mass is 19.3. The van der Waals surface area contributed by atoms with Gasteiger partial charge in [0, 0.05) is 0 Å². The fraction of sp³-hybridized carbons (Fsp3) is 0.364. The Kier molecular flexibility index (Phi) is 9.73. The molecule has 0 saturated heterocycles. The molecule has 0 unspecified atom stereocenters. The van der Waals surface area contributed by atoms with E-state index < -0.39 is 6.61 Å². The lowest BCUT2D eigenvalue weighted by Gasteiger charge is -2.07. The molecule has 0 saturated carbocycles. The summed E-state index contributed by atoms with van der Waals surface area (Å²) in [5.74, 6) is 0.121. The maximum atomic E-state index is 11.8. The van der Waals surface area contributed by atoms with Crippen LogP contribution in [-0.2, 0) is 9.53 Å². The third-order valence-corrected chi connectivity index (χ3v) is 1.30. The molecule has 2 nitrogen and oxygen atoms in total. The van der Waals surface area contributed by atoms with E-state index in [0.717, 1.165) is 5.57 Å². The highest BCUT2D eigenvalue weighted by Crippen LogP contribution is 2.13. The Labute approximate surface area is 88.9 Å². The van der Waals surface area contributed by atoms with Crippen molar-refractivity contribution < 1.29 is 18.3 Å². The molecule has 0 amide bonds. The quantitative estimate of drug-likeness (QED) is 0.533. The van der Waals surface area contributed by atoms with Crippen molar-refractivity contribution in [3.63, 3.8) is 0 Å². The Balaban J connectivity index is 0. The minimum absolute atomic E-state index is 0.121. The second kappa shape index (κ2) is 9.12. The van der Waals surface area contributed by atoms with E-state index in [4.69, 9.17) is 4.79 Å². The molecule has 15 heavy (non-hydrogen) atoms. The van der Waals surface area contributed by atoms with Crippen molar-refractivity contribution in [1.29, 1.82) is 0 Å². The van der Waals surface area contributed by atoms with E-state index in [2.05, 4.69) is 11.3 Å². The number of allylic oxidation sites excluding steroid dienone is 4. The zero-order valence-corrected chi connectivity index (χ0v) is 9.22. The number of alkyl halides is 2. The van der Waals surface area contributed by atoms with Crippen molar-refractivity contribution >= 4 is 6.79 Å². The number of hydrogen-bond donors (Lipinski definition) is 0. The molecule has 86 valence electrons. The Hall–Kier alpha value is -1.45. The minimum atomic E-state index is -2.80. The first-order valence-electron chi connectivity index (χ1n) is 4.19. The van der Waals surface area contributed by atoms with Crippen molar-refractivity contribution in [3.8, 4) is 0 Å². The summed E-state index contributed by atoms with van der Waals surface area (Å²) in [6.07, 6.45) is 3.04. The lowest BCUT2D eigenvalue weighted by Crippen LogP contribution is -1.98. The van der Waals surface area contributed by atoms with Gasteiger partial charge in [-0.3, -0.25) is 0 Å². The topological polar surface area (TPSA) is 26.3 Å². The van der Waals surface area contributed by atoms with Crippen LogP contribution in [-0.4, -0.2) is 13.4 Å². The third kappa shape index (κ3) is 8.87. The van der Waals surface area contributed by atoms with Crippen molar-refractivity contribution in [2.75, 3.05) is 0 Å². The average Bonchev–Trinajstić information content (AvgIpc) is 2.15. The molecule has 0 heterocycles. The molecular formula is C11H16F2O2. The van der Waals surface area contributed by atoms with Crippen molar-refractivity contribution in [3.05, 3.63) is 35.6 Å². The van der Waals surface area contributed by atoms with Crippen LogP contribution < -0.4 is 0 Å². The summed E-state index contributed by atoms with van der Waals surface area (Å²) in [6, 6.07) is 0. The number of hydrogen-bond acceptors (Lipinski definition) is 2. The molecular weight excluding hydrogens is 202 g/mol. The first-order chi connectivity index (χ1) is 6.97. The van der Waals surface area contributed by atoms with Gasteiger partial charge in [0.25, 0.3) is 0 Å². The van der Waals surface area contributed by atoms with E-state index in [0.29, 0.717) is 5.57 Å². The summed E-state index contributed by atoms with van der Waals surface area (Å²) < 4.78 is 27.9. The molecule has 0 N–H and O–H groups in total. The van der Waals surface area contributed by atoms with Gasteiger partial charge in [-0.25, -0.2) is 0 Å². The second-order valence-corrected chi connectivity index (χ2v) is 2.85. The number of rotatable bonds is 4. The van der Waals surface area contributed by atoms with E-state index in [-0.39, 0.29) is 5.76 Å². The van der Waals surface area contributed by atoms with Crippen LogP contribution in [0.1, 0.15) is 20.8 Å². The molecule has 0 aliphatic carbocycles. The van der Waals surface area contributed by atoms with E-state index in [1.54, 1.807) is 13.0 Å². The maximum Gasteiger partial charge on any atom is 0.387 e. The van der Waals surface area contributed by atoms with Crippen LogP contribution in [0.3, 0.4) is 0 Å². The fourth-order valence-corrected chi connectivity index (χ4v) is 0.902. The molecule has 0 bridgehead atoms. The second-order valence-electron chi connectivity index (χ2n) is 2.85. The van der Waals surface area contributed by atoms with Gasteiger partial charge in [0.2, 0.25) is 0 Å². The van der Waals surface area contributed by atoms with Gasteiger partial charge in [0.15, 0.2) is 0 Å². The van der Waals surface area contributed by atoms with Crippen LogP contribution >= 0.6 is 0 Å². The molecule has 0 atom stereocenters. The average molecular weight is 218 g/mol. The summed E-state index contributed by atoms with van der Waals surface area (Å²) in [5, 5.41) is 0. The van der Waals surface area contributed by atoms with Gasteiger partial charge in [-0.1, -0.05) is 18.2 Å². The van der Waals surface area contributed by atoms with Crippen LogP contribution in [0, 0.1) is 0 Å². The summed E-state index contributed by atoms with van der Waals surface area (Å²) in [4.78, 5) is 8.00. The van der Waals surface area contributed by atoms with Crippen LogP contribution in [0.15, 0.2) is 35.6 Å². The SMILES string of the molecule is C=C/C(OC(F)F)=C(/C)C=C(C)C.C=O. The van der Waals surface area contributed by atoms with Gasteiger partial charge in [0.05, 0.1) is 0 Å². The predicted octanol–water partition coefficient (Wildman–Crippen LogP) is 3.47. The first-order valence-corrected chi connectivity index (χ1v) is 4.19. The molecule has 0 rings (SSSR count). The smallest absolute Gasteiger partial charge is 0.387 e. The van der Waals surface area contributed by atoms with Crippen molar-refractivity contribution in [2.24, 2.45) is 0 Å². The van der Waals surface area contributed by atoms with Gasteiger partial charge >= 0.3 is 6.61 Å². The summed E-state index contributed by atoms with van der Waals surface area (Å²) in [7, 11) is 0. The van der Waals surface area contributed by atoms with Gasteiger partial charge in [-0.15, -0.1) is 0 Å². The van der Waals surface area contributed by atoms with E-state index in [1.807, 2.05) is 20.6 Å². The number of carbonyl (C=O) groups is 1. The molecule has 0 aromatic carbocycles. The van der Waals surface area contributed by atoms with E-state index in [9.17, 15) is 8.78 Å². The normalized spacial score (nSPS) is 10.8. The Morgan fingerprint density at radius 3 is 2.00 bits per heavy atom. The number of carbonyl (C=O) groups excluding carboxylic acids is 1. The third-order valence-electron chi connectivity index (χ3n) is 1.30. The standard InChI is InChI=1S/C10H14F2O.CH2O/c1-5-9(13-10(11)12)8(4)6-7(2)3;1-2/h5-6,10H,1H2,2-4H3;1H2/b9-8+;. The minimum Gasteiger partial charge on any atom is -0.435 e. The van der Waals surface area contributed by atoms with Crippen LogP contribution in [0.5, 0.6) is 0 Å². The molecule has 0 spiro atoms. The molecule has 0 fully saturated rings. The summed E-state index contributed by atoms with van der Waals surface area (Å²) in [6.45, 7) is 8.06. The largest absolute Gasteiger partial charge is 0.435 e. The lowest BCUT2D eigenvalue weighted by molar-refractivity contribution is -0.0980. The molecule has 0 aromatic heterocycles. The van der Waals surface area contributed by atoms with Crippen LogP contribution in [0.2, 0.25) is 0 Å².